The molecule has 0 atom stereocenters. The standard InChI is InChI=1S/C17H17F2NO2/c1-10-4-5-11(2)17(12(10)3)22-9-16(21)20-13-6-7-14(18)15(19)8-13/h4-8H,9H2,1-3H3,(H,20,21). The fraction of sp³-hybridized carbons (Fsp3) is 0.235. The largest absolute Gasteiger partial charge is 0.483 e. The van der Waals surface area contributed by atoms with E-state index in [4.69, 9.17) is 4.74 Å². The Hall–Kier alpha value is -2.43. The van der Waals surface area contributed by atoms with Crippen molar-refractivity contribution >= 4 is 11.6 Å². The van der Waals surface area contributed by atoms with Crippen molar-refractivity contribution in [3.05, 3.63) is 58.7 Å². The highest BCUT2D eigenvalue weighted by molar-refractivity contribution is 5.91. The third kappa shape index (κ3) is 3.61. The minimum absolute atomic E-state index is 0.185. The molecule has 0 radical (unpaired) electrons. The highest BCUT2D eigenvalue weighted by Gasteiger charge is 2.10. The van der Waals surface area contributed by atoms with Crippen molar-refractivity contribution < 1.29 is 18.3 Å². The molecule has 5 heteroatoms. The summed E-state index contributed by atoms with van der Waals surface area (Å²) in [4.78, 5) is 11.8. The average molecular weight is 305 g/mol. The number of carbonyl (C=O) groups excluding carboxylic acids is 1. The van der Waals surface area contributed by atoms with E-state index in [0.29, 0.717) is 5.75 Å². The van der Waals surface area contributed by atoms with E-state index in [1.54, 1.807) is 0 Å². The van der Waals surface area contributed by atoms with Crippen LogP contribution in [0.2, 0.25) is 0 Å². The average Bonchev–Trinajstić information content (AvgIpc) is 2.47. The molecular weight excluding hydrogens is 288 g/mol. The zero-order chi connectivity index (χ0) is 16.3. The van der Waals surface area contributed by atoms with Crippen molar-refractivity contribution in [2.45, 2.75) is 20.8 Å². The van der Waals surface area contributed by atoms with Gasteiger partial charge in [0.2, 0.25) is 0 Å². The first-order valence-electron chi connectivity index (χ1n) is 6.83. The highest BCUT2D eigenvalue weighted by atomic mass is 19.2. The third-order valence-corrected chi connectivity index (χ3v) is 3.42. The maximum Gasteiger partial charge on any atom is 0.262 e. The summed E-state index contributed by atoms with van der Waals surface area (Å²) < 4.78 is 31.4. The van der Waals surface area contributed by atoms with Gasteiger partial charge in [0, 0.05) is 11.8 Å². The lowest BCUT2D eigenvalue weighted by atomic mass is 10.1. The summed E-state index contributed by atoms with van der Waals surface area (Å²) in [6.45, 7) is 5.58. The SMILES string of the molecule is Cc1ccc(C)c(OCC(=O)Nc2ccc(F)c(F)c2)c1C. The molecule has 22 heavy (non-hydrogen) atoms. The smallest absolute Gasteiger partial charge is 0.262 e. The number of hydrogen-bond donors (Lipinski definition) is 1. The van der Waals surface area contributed by atoms with Crippen LogP contribution in [0.25, 0.3) is 0 Å². The molecule has 0 spiro atoms. The molecule has 0 aliphatic carbocycles. The van der Waals surface area contributed by atoms with Crippen LogP contribution in [0.15, 0.2) is 30.3 Å². The van der Waals surface area contributed by atoms with Crippen LogP contribution in [-0.2, 0) is 4.79 Å². The van der Waals surface area contributed by atoms with Gasteiger partial charge in [0.1, 0.15) is 5.75 Å². The summed E-state index contributed by atoms with van der Waals surface area (Å²) in [5.74, 6) is -1.74. The number of nitrogens with one attached hydrogen (secondary N) is 1. The molecule has 2 aromatic carbocycles. The van der Waals surface area contributed by atoms with Gasteiger partial charge in [-0.2, -0.15) is 0 Å². The van der Waals surface area contributed by atoms with Crippen molar-refractivity contribution in [3.8, 4) is 5.75 Å². The van der Waals surface area contributed by atoms with E-state index >= 15 is 0 Å². The van der Waals surface area contributed by atoms with Gasteiger partial charge in [0.05, 0.1) is 0 Å². The second kappa shape index (κ2) is 6.56. The van der Waals surface area contributed by atoms with E-state index in [1.165, 1.54) is 6.07 Å². The van der Waals surface area contributed by atoms with Gasteiger partial charge in [-0.15, -0.1) is 0 Å². The van der Waals surface area contributed by atoms with Crippen LogP contribution in [0, 0.1) is 32.4 Å². The zero-order valence-corrected chi connectivity index (χ0v) is 12.7. The van der Waals surface area contributed by atoms with Crippen LogP contribution in [-0.4, -0.2) is 12.5 Å². The first-order valence-corrected chi connectivity index (χ1v) is 6.83. The summed E-state index contributed by atoms with van der Waals surface area (Å²) >= 11 is 0. The Morgan fingerprint density at radius 3 is 2.41 bits per heavy atom. The lowest BCUT2D eigenvalue weighted by molar-refractivity contribution is -0.118. The maximum absolute atomic E-state index is 13.1. The summed E-state index contributed by atoms with van der Waals surface area (Å²) in [7, 11) is 0. The first-order chi connectivity index (χ1) is 10.4. The molecule has 2 aromatic rings. The maximum atomic E-state index is 13.1. The molecule has 3 nitrogen and oxygen atoms in total. The number of rotatable bonds is 4. The number of amides is 1. The minimum atomic E-state index is -1.01. The van der Waals surface area contributed by atoms with Gasteiger partial charge in [-0.25, -0.2) is 8.78 Å². The van der Waals surface area contributed by atoms with Crippen LogP contribution >= 0.6 is 0 Å². The van der Waals surface area contributed by atoms with Crippen LogP contribution in [0.5, 0.6) is 5.75 Å². The van der Waals surface area contributed by atoms with Crippen LogP contribution in [0.3, 0.4) is 0 Å². The van der Waals surface area contributed by atoms with E-state index < -0.39 is 17.5 Å². The lowest BCUT2D eigenvalue weighted by Crippen LogP contribution is -2.21. The van der Waals surface area contributed by atoms with E-state index in [-0.39, 0.29) is 12.3 Å². The Kier molecular flexibility index (Phi) is 4.75. The summed E-state index contributed by atoms with van der Waals surface area (Å²) in [6, 6.07) is 7.08. The molecule has 1 amide bonds. The van der Waals surface area contributed by atoms with Gasteiger partial charge >= 0.3 is 0 Å². The number of aryl methyl sites for hydroxylation is 2. The molecule has 0 saturated heterocycles. The molecule has 0 heterocycles. The number of anilines is 1. The number of halogens is 2. The molecule has 0 aliphatic heterocycles. The predicted octanol–water partition coefficient (Wildman–Crippen LogP) is 3.91. The molecule has 0 fully saturated rings. The minimum Gasteiger partial charge on any atom is -0.483 e. The van der Waals surface area contributed by atoms with Gasteiger partial charge in [0.25, 0.3) is 5.91 Å². The Balaban J connectivity index is 2.01. The summed E-state index contributed by atoms with van der Waals surface area (Å²) in [5, 5.41) is 2.46. The van der Waals surface area contributed by atoms with E-state index in [0.717, 1.165) is 28.8 Å². The number of carbonyl (C=O) groups is 1. The van der Waals surface area contributed by atoms with Crippen LogP contribution < -0.4 is 10.1 Å². The van der Waals surface area contributed by atoms with Crippen LogP contribution in [0.4, 0.5) is 14.5 Å². The first kappa shape index (κ1) is 15.9. The Morgan fingerprint density at radius 1 is 1.05 bits per heavy atom. The third-order valence-electron chi connectivity index (χ3n) is 3.42. The topological polar surface area (TPSA) is 38.3 Å². The van der Waals surface area contributed by atoms with Gasteiger partial charge in [-0.3, -0.25) is 4.79 Å². The van der Waals surface area contributed by atoms with E-state index in [9.17, 15) is 13.6 Å². The Bertz CT molecular complexity index is 714. The second-order valence-corrected chi connectivity index (χ2v) is 5.12. The highest BCUT2D eigenvalue weighted by Crippen LogP contribution is 2.25. The van der Waals surface area contributed by atoms with Crippen molar-refractivity contribution in [1.29, 1.82) is 0 Å². The fourth-order valence-electron chi connectivity index (χ4n) is 2.06. The molecular formula is C17H17F2NO2. The quantitative estimate of drug-likeness (QED) is 0.930. The van der Waals surface area contributed by atoms with Crippen molar-refractivity contribution in [2.75, 3.05) is 11.9 Å². The van der Waals surface area contributed by atoms with Crippen LogP contribution in [0.1, 0.15) is 16.7 Å². The van der Waals surface area contributed by atoms with Crippen molar-refractivity contribution in [3.63, 3.8) is 0 Å². The Labute approximate surface area is 127 Å². The summed E-state index contributed by atoms with van der Waals surface area (Å²) in [6.07, 6.45) is 0. The number of benzene rings is 2. The molecule has 1 N–H and O–H groups in total. The summed E-state index contributed by atoms with van der Waals surface area (Å²) in [5.41, 5.74) is 3.16. The van der Waals surface area contributed by atoms with Gasteiger partial charge in [0.15, 0.2) is 18.2 Å². The molecule has 116 valence electrons. The van der Waals surface area contributed by atoms with Gasteiger partial charge < -0.3 is 10.1 Å². The normalized spacial score (nSPS) is 10.4. The van der Waals surface area contributed by atoms with Gasteiger partial charge in [-0.05, 0) is 49.6 Å². The Morgan fingerprint density at radius 2 is 1.73 bits per heavy atom. The fourth-order valence-corrected chi connectivity index (χ4v) is 2.06. The monoisotopic (exact) mass is 305 g/mol. The molecule has 0 aliphatic rings. The molecule has 0 unspecified atom stereocenters. The van der Waals surface area contributed by atoms with E-state index in [2.05, 4.69) is 5.32 Å². The predicted molar refractivity (Wildman–Crippen MR) is 81.1 cm³/mol. The second-order valence-electron chi connectivity index (χ2n) is 5.12. The lowest BCUT2D eigenvalue weighted by Gasteiger charge is -2.14. The molecule has 0 saturated carbocycles. The van der Waals surface area contributed by atoms with Crippen molar-refractivity contribution in [1.82, 2.24) is 0 Å². The van der Waals surface area contributed by atoms with Crippen molar-refractivity contribution in [2.24, 2.45) is 0 Å². The van der Waals surface area contributed by atoms with Gasteiger partial charge in [-0.1, -0.05) is 12.1 Å². The molecule has 2 rings (SSSR count). The number of hydrogen-bond acceptors (Lipinski definition) is 2. The van der Waals surface area contributed by atoms with E-state index in [1.807, 2.05) is 32.9 Å². The molecule has 0 bridgehead atoms. The molecule has 0 aromatic heterocycles. The number of ether oxygens (including phenoxy) is 1. The zero-order valence-electron chi connectivity index (χ0n) is 12.7.